The molecule has 128 valence electrons. The van der Waals surface area contributed by atoms with E-state index in [1.54, 1.807) is 20.8 Å². The van der Waals surface area contributed by atoms with Crippen molar-refractivity contribution in [1.29, 1.82) is 0 Å². The zero-order valence-electron chi connectivity index (χ0n) is 14.1. The molecular formula is C15H25N5O3. The second kappa shape index (κ2) is 6.97. The first kappa shape index (κ1) is 17.2. The molecular weight excluding hydrogens is 298 g/mol. The van der Waals surface area contributed by atoms with E-state index in [0.717, 1.165) is 30.5 Å². The van der Waals surface area contributed by atoms with Crippen LogP contribution in [0.25, 0.3) is 0 Å². The van der Waals surface area contributed by atoms with E-state index in [-0.39, 0.29) is 23.9 Å². The molecule has 2 rings (SSSR count). The SMILES string of the molecule is CC(=O)N1CCC(C(C)Nc2nc(=O)n(C(C)C)c(=O)[nH]2)CC1. The van der Waals surface area contributed by atoms with Gasteiger partial charge in [0.15, 0.2) is 0 Å². The van der Waals surface area contributed by atoms with Crippen LogP contribution in [-0.2, 0) is 4.79 Å². The number of anilines is 1. The Labute approximate surface area is 134 Å². The van der Waals surface area contributed by atoms with E-state index in [1.807, 2.05) is 11.8 Å². The Bertz CT molecular complexity index is 639. The van der Waals surface area contributed by atoms with Gasteiger partial charge >= 0.3 is 11.4 Å². The number of rotatable bonds is 4. The number of carbonyl (C=O) groups is 1. The summed E-state index contributed by atoms with van der Waals surface area (Å²) >= 11 is 0. The Morgan fingerprint density at radius 1 is 1.26 bits per heavy atom. The first-order chi connectivity index (χ1) is 10.8. The number of nitrogens with zero attached hydrogens (tertiary/aromatic N) is 3. The van der Waals surface area contributed by atoms with Crippen LogP contribution in [0.15, 0.2) is 9.59 Å². The molecule has 2 N–H and O–H groups in total. The number of aromatic nitrogens is 3. The minimum Gasteiger partial charge on any atom is -0.353 e. The maximum absolute atomic E-state index is 12.0. The maximum atomic E-state index is 12.0. The fourth-order valence-corrected chi connectivity index (χ4v) is 3.00. The number of H-pyrrole nitrogens is 1. The van der Waals surface area contributed by atoms with Gasteiger partial charge in [0.2, 0.25) is 11.9 Å². The number of hydrogen-bond acceptors (Lipinski definition) is 5. The minimum atomic E-state index is -0.551. The van der Waals surface area contributed by atoms with Gasteiger partial charge in [-0.1, -0.05) is 0 Å². The predicted octanol–water partition coefficient (Wildman–Crippen LogP) is 0.571. The first-order valence-electron chi connectivity index (χ1n) is 8.04. The number of likely N-dealkylation sites (tertiary alicyclic amines) is 1. The Hall–Kier alpha value is -2.12. The lowest BCUT2D eigenvalue weighted by atomic mass is 9.90. The molecule has 1 aliphatic rings. The highest BCUT2D eigenvalue weighted by Gasteiger charge is 2.25. The molecule has 0 saturated carbocycles. The van der Waals surface area contributed by atoms with E-state index in [4.69, 9.17) is 0 Å². The van der Waals surface area contributed by atoms with Gasteiger partial charge in [-0.3, -0.25) is 9.78 Å². The number of hydrogen-bond donors (Lipinski definition) is 2. The average Bonchev–Trinajstić information content (AvgIpc) is 2.46. The van der Waals surface area contributed by atoms with Crippen molar-refractivity contribution >= 4 is 11.9 Å². The summed E-state index contributed by atoms with van der Waals surface area (Å²) in [6.07, 6.45) is 1.78. The van der Waals surface area contributed by atoms with Gasteiger partial charge in [0.25, 0.3) is 0 Å². The van der Waals surface area contributed by atoms with E-state index in [0.29, 0.717) is 5.92 Å². The second-order valence-electron chi connectivity index (χ2n) is 6.41. The smallest absolute Gasteiger partial charge is 0.353 e. The van der Waals surface area contributed by atoms with Crippen LogP contribution in [0.5, 0.6) is 0 Å². The fraction of sp³-hybridized carbons (Fsp3) is 0.733. The minimum absolute atomic E-state index is 0.0570. The molecule has 2 heterocycles. The van der Waals surface area contributed by atoms with Crippen LogP contribution in [0.1, 0.15) is 46.6 Å². The topological polar surface area (TPSA) is 100 Å². The van der Waals surface area contributed by atoms with E-state index in [1.165, 1.54) is 0 Å². The highest BCUT2D eigenvalue weighted by atomic mass is 16.2. The highest BCUT2D eigenvalue weighted by molar-refractivity contribution is 5.73. The Balaban J connectivity index is 2.04. The van der Waals surface area contributed by atoms with E-state index < -0.39 is 11.4 Å². The maximum Gasteiger partial charge on any atom is 0.355 e. The summed E-state index contributed by atoms with van der Waals surface area (Å²) < 4.78 is 1.08. The van der Waals surface area contributed by atoms with Crippen LogP contribution < -0.4 is 16.7 Å². The Kier molecular flexibility index (Phi) is 5.23. The summed E-state index contributed by atoms with van der Waals surface area (Å²) in [5.41, 5.74) is -1.01. The van der Waals surface area contributed by atoms with Crippen LogP contribution in [0, 0.1) is 5.92 Å². The van der Waals surface area contributed by atoms with Gasteiger partial charge < -0.3 is 10.2 Å². The first-order valence-corrected chi connectivity index (χ1v) is 8.04. The normalized spacial score (nSPS) is 17.3. The lowest BCUT2D eigenvalue weighted by molar-refractivity contribution is -0.130. The largest absolute Gasteiger partial charge is 0.355 e. The summed E-state index contributed by atoms with van der Waals surface area (Å²) in [4.78, 5) is 43.6. The van der Waals surface area contributed by atoms with Crippen molar-refractivity contribution in [2.45, 2.75) is 52.6 Å². The lowest BCUT2D eigenvalue weighted by Gasteiger charge is -2.34. The zero-order valence-corrected chi connectivity index (χ0v) is 14.1. The Morgan fingerprint density at radius 2 is 1.87 bits per heavy atom. The second-order valence-corrected chi connectivity index (χ2v) is 6.41. The summed E-state index contributed by atoms with van der Waals surface area (Å²) in [5, 5.41) is 3.12. The van der Waals surface area contributed by atoms with E-state index >= 15 is 0 Å². The summed E-state index contributed by atoms with van der Waals surface area (Å²) in [7, 11) is 0. The van der Waals surface area contributed by atoms with Crippen LogP contribution in [0.2, 0.25) is 0 Å². The van der Waals surface area contributed by atoms with Crippen molar-refractivity contribution in [2.24, 2.45) is 5.92 Å². The molecule has 1 aromatic heterocycles. The van der Waals surface area contributed by atoms with Crippen LogP contribution >= 0.6 is 0 Å². The molecule has 0 bridgehead atoms. The van der Waals surface area contributed by atoms with Gasteiger partial charge in [-0.2, -0.15) is 4.98 Å². The molecule has 8 heteroatoms. The number of nitrogens with one attached hydrogen (secondary N) is 2. The average molecular weight is 323 g/mol. The summed E-state index contributed by atoms with van der Waals surface area (Å²) in [6, 6.07) is -0.178. The van der Waals surface area contributed by atoms with E-state index in [9.17, 15) is 14.4 Å². The van der Waals surface area contributed by atoms with Gasteiger partial charge in [-0.25, -0.2) is 14.2 Å². The molecule has 1 aromatic rings. The summed E-state index contributed by atoms with van der Waals surface area (Å²) in [5.74, 6) is 0.675. The molecule has 0 aliphatic carbocycles. The molecule has 1 amide bonds. The third kappa shape index (κ3) is 4.00. The molecule has 1 saturated heterocycles. The van der Waals surface area contributed by atoms with Crippen molar-refractivity contribution in [3.8, 4) is 0 Å². The lowest BCUT2D eigenvalue weighted by Crippen LogP contribution is -2.43. The zero-order chi connectivity index (χ0) is 17.1. The number of carbonyl (C=O) groups excluding carboxylic acids is 1. The molecule has 0 spiro atoms. The standard InChI is InChI=1S/C15H25N5O3/c1-9(2)20-14(22)17-13(18-15(20)23)16-10(3)12-5-7-19(8-6-12)11(4)21/h9-10,12H,5-8H2,1-4H3,(H2,16,17,18,22,23). The molecule has 1 atom stereocenters. The highest BCUT2D eigenvalue weighted by Crippen LogP contribution is 2.22. The van der Waals surface area contributed by atoms with Gasteiger partial charge in [-0.15, -0.1) is 0 Å². The van der Waals surface area contributed by atoms with E-state index in [2.05, 4.69) is 15.3 Å². The molecule has 0 radical (unpaired) electrons. The van der Waals surface area contributed by atoms with Crippen molar-refractivity contribution in [1.82, 2.24) is 19.4 Å². The third-order valence-electron chi connectivity index (χ3n) is 4.43. The molecule has 1 unspecified atom stereocenters. The number of aromatic amines is 1. The predicted molar refractivity (Wildman–Crippen MR) is 87.6 cm³/mol. The van der Waals surface area contributed by atoms with Gasteiger partial charge in [-0.05, 0) is 39.5 Å². The molecule has 23 heavy (non-hydrogen) atoms. The monoisotopic (exact) mass is 323 g/mol. The number of amides is 1. The third-order valence-corrected chi connectivity index (χ3v) is 4.43. The molecule has 1 aliphatic heterocycles. The van der Waals surface area contributed by atoms with Crippen molar-refractivity contribution in [2.75, 3.05) is 18.4 Å². The van der Waals surface area contributed by atoms with Crippen molar-refractivity contribution < 1.29 is 4.79 Å². The van der Waals surface area contributed by atoms with Crippen LogP contribution in [0.3, 0.4) is 0 Å². The van der Waals surface area contributed by atoms with Crippen molar-refractivity contribution in [3.05, 3.63) is 21.0 Å². The number of piperidine rings is 1. The quantitative estimate of drug-likeness (QED) is 0.844. The molecule has 8 nitrogen and oxygen atoms in total. The van der Waals surface area contributed by atoms with Crippen LogP contribution in [-0.4, -0.2) is 44.5 Å². The van der Waals surface area contributed by atoms with Gasteiger partial charge in [0.05, 0.1) is 0 Å². The summed E-state index contributed by atoms with van der Waals surface area (Å²) in [6.45, 7) is 8.59. The fourth-order valence-electron chi connectivity index (χ4n) is 3.00. The van der Waals surface area contributed by atoms with Gasteiger partial charge in [0, 0.05) is 32.1 Å². The molecule has 0 aromatic carbocycles. The Morgan fingerprint density at radius 3 is 2.35 bits per heavy atom. The van der Waals surface area contributed by atoms with Crippen molar-refractivity contribution in [3.63, 3.8) is 0 Å². The van der Waals surface area contributed by atoms with Crippen LogP contribution in [0.4, 0.5) is 5.95 Å². The van der Waals surface area contributed by atoms with Gasteiger partial charge in [0.1, 0.15) is 0 Å². The molecule has 1 fully saturated rings.